The van der Waals surface area contributed by atoms with E-state index in [4.69, 9.17) is 9.47 Å². The van der Waals surface area contributed by atoms with Crippen molar-refractivity contribution in [2.24, 2.45) is 0 Å². The SMILES string of the molecule is COc1cc(C2C(C#N)=C(C)NC3=C2C(=O)CC(c2ccccc2)C3)cc(Br)c1OCc1cccc(C(=O)O)c1. The fourth-order valence-electron chi connectivity index (χ4n) is 5.48. The van der Waals surface area contributed by atoms with E-state index in [9.17, 15) is 20.0 Å². The van der Waals surface area contributed by atoms with Crippen LogP contribution in [0.15, 0.2) is 93.7 Å². The Kier molecular flexibility index (Phi) is 7.76. The number of ether oxygens (including phenoxy) is 2. The molecule has 2 unspecified atom stereocenters. The summed E-state index contributed by atoms with van der Waals surface area (Å²) in [6.45, 7) is 1.99. The summed E-state index contributed by atoms with van der Waals surface area (Å²) in [5.41, 5.74) is 5.39. The Bertz CT molecular complexity index is 1600. The van der Waals surface area contributed by atoms with E-state index in [0.717, 1.165) is 22.5 Å². The minimum absolute atomic E-state index is 0.0154. The van der Waals surface area contributed by atoms with Gasteiger partial charge in [-0.3, -0.25) is 4.79 Å². The zero-order chi connectivity index (χ0) is 28.4. The van der Waals surface area contributed by atoms with E-state index >= 15 is 0 Å². The van der Waals surface area contributed by atoms with Gasteiger partial charge in [0.25, 0.3) is 0 Å². The molecular formula is C32H27BrN2O5. The standard InChI is InChI=1S/C32H27BrN2O5/c1-18-24(16-34)29(30-26(35-18)13-22(14-27(30)36)20-8-4-3-5-9-20)23-12-25(33)31(28(15-23)39-2)40-17-19-7-6-10-21(11-19)32(37)38/h3-12,15,22,29,35H,13-14,17H2,1-2H3,(H,37,38). The Morgan fingerprint density at radius 1 is 1.10 bits per heavy atom. The van der Waals surface area contributed by atoms with Gasteiger partial charge in [0.15, 0.2) is 17.3 Å². The number of hydrogen-bond acceptors (Lipinski definition) is 6. The predicted molar refractivity (Wildman–Crippen MR) is 153 cm³/mol. The number of nitrogens with one attached hydrogen (secondary N) is 1. The number of rotatable bonds is 7. The molecule has 2 atom stereocenters. The number of hydrogen-bond donors (Lipinski definition) is 2. The summed E-state index contributed by atoms with van der Waals surface area (Å²) in [7, 11) is 1.53. The third-order valence-electron chi connectivity index (χ3n) is 7.36. The second kappa shape index (κ2) is 11.4. The topological polar surface area (TPSA) is 109 Å². The molecule has 40 heavy (non-hydrogen) atoms. The first-order valence-corrected chi connectivity index (χ1v) is 13.6. The first kappa shape index (κ1) is 27.2. The van der Waals surface area contributed by atoms with E-state index in [0.29, 0.717) is 45.5 Å². The lowest BCUT2D eigenvalue weighted by molar-refractivity contribution is -0.116. The van der Waals surface area contributed by atoms with Crippen molar-refractivity contribution in [3.8, 4) is 17.6 Å². The van der Waals surface area contributed by atoms with Crippen molar-refractivity contribution in [2.45, 2.75) is 38.2 Å². The fraction of sp³-hybridized carbons (Fsp3) is 0.219. The highest BCUT2D eigenvalue weighted by molar-refractivity contribution is 9.10. The van der Waals surface area contributed by atoms with Gasteiger partial charge in [-0.05, 0) is 76.1 Å². The summed E-state index contributed by atoms with van der Waals surface area (Å²) in [6.07, 6.45) is 1.04. The number of carboxylic acid groups (broad SMARTS) is 1. The van der Waals surface area contributed by atoms with E-state index in [2.05, 4.69) is 27.3 Å². The lowest BCUT2D eigenvalue weighted by Crippen LogP contribution is -2.33. The number of Topliss-reactive ketones (excluding diaryl/α,β-unsaturated/α-hetero) is 1. The minimum atomic E-state index is -1.01. The average Bonchev–Trinajstić information content (AvgIpc) is 2.95. The van der Waals surface area contributed by atoms with Crippen LogP contribution in [0.3, 0.4) is 0 Å². The molecule has 2 aliphatic rings. The maximum absolute atomic E-state index is 13.7. The molecule has 1 aliphatic heterocycles. The zero-order valence-corrected chi connectivity index (χ0v) is 23.6. The largest absolute Gasteiger partial charge is 0.493 e. The third-order valence-corrected chi connectivity index (χ3v) is 7.95. The zero-order valence-electron chi connectivity index (χ0n) is 22.0. The van der Waals surface area contributed by atoms with Gasteiger partial charge in [0.1, 0.15) is 6.61 Å². The molecule has 7 nitrogen and oxygen atoms in total. The predicted octanol–water partition coefficient (Wildman–Crippen LogP) is 6.62. The van der Waals surface area contributed by atoms with E-state index in [1.165, 1.54) is 13.2 Å². The van der Waals surface area contributed by atoms with Gasteiger partial charge >= 0.3 is 5.97 Å². The number of dihydropyridines is 1. The Labute approximate surface area is 240 Å². The number of benzene rings is 3. The molecule has 0 bridgehead atoms. The number of halogens is 1. The van der Waals surface area contributed by atoms with Crippen LogP contribution in [0, 0.1) is 11.3 Å². The van der Waals surface area contributed by atoms with Crippen LogP contribution < -0.4 is 14.8 Å². The molecule has 3 aromatic rings. The first-order valence-electron chi connectivity index (χ1n) is 12.8. The Morgan fingerprint density at radius 3 is 2.58 bits per heavy atom. The van der Waals surface area contributed by atoms with Crippen molar-refractivity contribution >= 4 is 27.7 Å². The number of nitriles is 1. The molecule has 8 heteroatoms. The molecule has 202 valence electrons. The number of ketones is 1. The van der Waals surface area contributed by atoms with Crippen molar-refractivity contribution in [1.82, 2.24) is 5.32 Å². The van der Waals surface area contributed by atoms with Crippen molar-refractivity contribution in [1.29, 1.82) is 5.26 Å². The summed E-state index contributed by atoms with van der Waals surface area (Å²) in [5, 5.41) is 22.8. The molecule has 2 N–H and O–H groups in total. The van der Waals surface area contributed by atoms with E-state index < -0.39 is 11.9 Å². The van der Waals surface area contributed by atoms with E-state index in [-0.39, 0.29) is 23.9 Å². The number of allylic oxidation sites excluding steroid dienone is 4. The molecule has 3 aromatic carbocycles. The van der Waals surface area contributed by atoms with Gasteiger partial charge in [0, 0.05) is 23.4 Å². The Balaban J connectivity index is 1.50. The maximum Gasteiger partial charge on any atom is 0.335 e. The lowest BCUT2D eigenvalue weighted by Gasteiger charge is -2.36. The number of aromatic carboxylic acids is 1. The van der Waals surface area contributed by atoms with Gasteiger partial charge in [-0.15, -0.1) is 0 Å². The molecular weight excluding hydrogens is 572 g/mol. The normalized spacial score (nSPS) is 18.5. The Morgan fingerprint density at radius 2 is 1.88 bits per heavy atom. The second-order valence-electron chi connectivity index (χ2n) is 9.87. The third kappa shape index (κ3) is 5.25. The summed E-state index contributed by atoms with van der Waals surface area (Å²) in [5.74, 6) is -0.606. The highest BCUT2D eigenvalue weighted by Crippen LogP contribution is 2.48. The summed E-state index contributed by atoms with van der Waals surface area (Å²) in [6, 6.07) is 22.5. The van der Waals surface area contributed by atoms with E-state index in [1.807, 2.05) is 43.3 Å². The maximum atomic E-state index is 13.7. The van der Waals surface area contributed by atoms with Crippen molar-refractivity contribution in [3.05, 3.63) is 116 Å². The minimum Gasteiger partial charge on any atom is -0.493 e. The van der Waals surface area contributed by atoms with Gasteiger partial charge in [0.2, 0.25) is 0 Å². The van der Waals surface area contributed by atoms with Crippen LogP contribution in [0.1, 0.15) is 58.6 Å². The van der Waals surface area contributed by atoms with Gasteiger partial charge in [-0.25, -0.2) is 4.79 Å². The van der Waals surface area contributed by atoms with Crippen LogP contribution in [0.25, 0.3) is 0 Å². The van der Waals surface area contributed by atoms with Crippen molar-refractivity contribution in [2.75, 3.05) is 7.11 Å². The second-order valence-corrected chi connectivity index (χ2v) is 10.7. The molecule has 0 saturated heterocycles. The fourth-order valence-corrected chi connectivity index (χ4v) is 6.05. The van der Waals surface area contributed by atoms with Gasteiger partial charge < -0.3 is 19.9 Å². The summed E-state index contributed by atoms with van der Waals surface area (Å²) < 4.78 is 12.3. The smallest absolute Gasteiger partial charge is 0.335 e. The van der Waals surface area contributed by atoms with Crippen molar-refractivity contribution in [3.63, 3.8) is 0 Å². The molecule has 0 radical (unpaired) electrons. The molecule has 1 heterocycles. The monoisotopic (exact) mass is 598 g/mol. The lowest BCUT2D eigenvalue weighted by atomic mass is 9.72. The number of nitrogens with zero attached hydrogens (tertiary/aromatic N) is 1. The summed E-state index contributed by atoms with van der Waals surface area (Å²) in [4.78, 5) is 25.0. The van der Waals surface area contributed by atoms with Crippen LogP contribution in [0.2, 0.25) is 0 Å². The van der Waals surface area contributed by atoms with Gasteiger partial charge in [-0.1, -0.05) is 42.5 Å². The first-order chi connectivity index (χ1) is 19.3. The van der Waals surface area contributed by atoms with Crippen LogP contribution >= 0.6 is 15.9 Å². The number of methoxy groups -OCH3 is 1. The number of carbonyl (C=O) groups excluding carboxylic acids is 1. The molecule has 0 fully saturated rings. The van der Waals surface area contributed by atoms with Crippen LogP contribution in [0.5, 0.6) is 11.5 Å². The summed E-state index contributed by atoms with van der Waals surface area (Å²) >= 11 is 3.60. The van der Waals surface area contributed by atoms with Crippen LogP contribution in [-0.2, 0) is 11.4 Å². The van der Waals surface area contributed by atoms with Crippen LogP contribution in [-0.4, -0.2) is 24.0 Å². The average molecular weight is 599 g/mol. The molecule has 1 aliphatic carbocycles. The van der Waals surface area contributed by atoms with Gasteiger partial charge in [-0.2, -0.15) is 5.26 Å². The molecule has 0 saturated carbocycles. The molecule has 0 amide bonds. The Hall–Kier alpha value is -4.35. The molecule has 0 spiro atoms. The van der Waals surface area contributed by atoms with Gasteiger partial charge in [0.05, 0.1) is 34.7 Å². The molecule has 5 rings (SSSR count). The number of carboxylic acids is 1. The highest BCUT2D eigenvalue weighted by Gasteiger charge is 2.39. The number of carbonyl (C=O) groups is 2. The molecule has 0 aromatic heterocycles. The quantitative estimate of drug-likeness (QED) is 0.314. The van der Waals surface area contributed by atoms with Crippen molar-refractivity contribution < 1.29 is 24.2 Å². The van der Waals surface area contributed by atoms with E-state index in [1.54, 1.807) is 24.3 Å². The van der Waals surface area contributed by atoms with Crippen LogP contribution in [0.4, 0.5) is 0 Å². The highest BCUT2D eigenvalue weighted by atomic mass is 79.9.